The van der Waals surface area contributed by atoms with Crippen molar-refractivity contribution in [3.8, 4) is 11.5 Å². The molecule has 0 spiro atoms. The molecule has 0 unspecified atom stereocenters. The molecule has 19 heavy (non-hydrogen) atoms. The third kappa shape index (κ3) is 3.08. The molecule has 1 heterocycles. The minimum atomic E-state index is -3.63. The first-order valence-corrected chi connectivity index (χ1v) is 5.51. The molecule has 0 amide bonds. The van der Waals surface area contributed by atoms with E-state index in [0.717, 1.165) is 0 Å². The summed E-state index contributed by atoms with van der Waals surface area (Å²) in [6.07, 6.45) is -3.63. The fraction of sp³-hybridized carbons (Fsp3) is 0.500. The second-order valence-corrected chi connectivity index (χ2v) is 5.00. The fourth-order valence-electron chi connectivity index (χ4n) is 1.71. The predicted octanol–water partition coefficient (Wildman–Crippen LogP) is 2.45. The van der Waals surface area contributed by atoms with E-state index in [1.807, 2.05) is 0 Å². The molecule has 3 N–H and O–H groups in total. The number of hydrogen-bond acceptors (Lipinski definition) is 4. The molecule has 1 aromatic rings. The number of fused-ring (bicyclic) bond motifs is 1. The zero-order valence-corrected chi connectivity index (χ0v) is 11.3. The quantitative estimate of drug-likeness (QED) is 0.899. The molecule has 0 saturated carbocycles. The number of aliphatic hydroxyl groups excluding tert-OH is 1. The monoisotopic (exact) mass is 295 g/mol. The summed E-state index contributed by atoms with van der Waals surface area (Å²) in [6.45, 7) is 3.46. The third-order valence-electron chi connectivity index (χ3n) is 3.03. The maximum Gasteiger partial charge on any atom is 0.586 e. The SMILES string of the molecule is CC(C)(CO)[C@H](N)c1ccc2c(c1)OC(F)(F)O2.Cl. The number of hydrogen-bond donors (Lipinski definition) is 2. The second-order valence-electron chi connectivity index (χ2n) is 5.00. The lowest BCUT2D eigenvalue weighted by atomic mass is 9.82. The summed E-state index contributed by atoms with van der Waals surface area (Å²) < 4.78 is 34.4. The van der Waals surface area contributed by atoms with Crippen LogP contribution in [0.4, 0.5) is 8.78 Å². The molecular weight excluding hydrogens is 280 g/mol. The van der Waals surface area contributed by atoms with E-state index in [-0.39, 0.29) is 30.5 Å². The normalized spacial score (nSPS) is 17.8. The van der Waals surface area contributed by atoms with Crippen LogP contribution < -0.4 is 15.2 Å². The molecule has 0 aromatic heterocycles. The van der Waals surface area contributed by atoms with Gasteiger partial charge in [0.25, 0.3) is 0 Å². The smallest absolute Gasteiger partial charge is 0.396 e. The first kappa shape index (κ1) is 15.9. The third-order valence-corrected chi connectivity index (χ3v) is 3.03. The van der Waals surface area contributed by atoms with E-state index in [1.165, 1.54) is 12.1 Å². The summed E-state index contributed by atoms with van der Waals surface area (Å²) >= 11 is 0. The lowest BCUT2D eigenvalue weighted by Gasteiger charge is -2.29. The van der Waals surface area contributed by atoms with Crippen molar-refractivity contribution in [2.75, 3.05) is 6.61 Å². The van der Waals surface area contributed by atoms with Crippen molar-refractivity contribution < 1.29 is 23.4 Å². The van der Waals surface area contributed by atoms with E-state index in [9.17, 15) is 13.9 Å². The van der Waals surface area contributed by atoms with Crippen LogP contribution in [0.25, 0.3) is 0 Å². The standard InChI is InChI=1S/C12H15F2NO3.ClH/c1-11(2,6-16)10(15)7-3-4-8-9(5-7)18-12(13,14)17-8;/h3-5,10,16H,6,15H2,1-2H3;1H/t10-;/m1./s1. The Bertz CT molecular complexity index is 468. The highest BCUT2D eigenvalue weighted by Gasteiger charge is 2.43. The number of benzene rings is 1. The van der Waals surface area contributed by atoms with Gasteiger partial charge in [0, 0.05) is 18.1 Å². The summed E-state index contributed by atoms with van der Waals surface area (Å²) in [5, 5.41) is 9.25. The largest absolute Gasteiger partial charge is 0.586 e. The van der Waals surface area contributed by atoms with Gasteiger partial charge in [-0.1, -0.05) is 19.9 Å². The number of nitrogens with two attached hydrogens (primary N) is 1. The van der Waals surface area contributed by atoms with Crippen LogP contribution in [0.15, 0.2) is 18.2 Å². The number of aliphatic hydroxyl groups is 1. The average Bonchev–Trinajstić information content (AvgIpc) is 2.60. The van der Waals surface area contributed by atoms with E-state index in [4.69, 9.17) is 5.73 Å². The molecule has 0 radical (unpaired) electrons. The highest BCUT2D eigenvalue weighted by atomic mass is 35.5. The first-order chi connectivity index (χ1) is 8.25. The van der Waals surface area contributed by atoms with Gasteiger partial charge in [0.2, 0.25) is 0 Å². The molecule has 0 aliphatic carbocycles. The van der Waals surface area contributed by atoms with Crippen LogP contribution in [0, 0.1) is 5.41 Å². The van der Waals surface area contributed by atoms with Gasteiger partial charge in [-0.3, -0.25) is 0 Å². The molecule has 1 aliphatic rings. The van der Waals surface area contributed by atoms with Gasteiger partial charge in [-0.05, 0) is 17.7 Å². The van der Waals surface area contributed by atoms with Gasteiger partial charge in [0.15, 0.2) is 11.5 Å². The lowest BCUT2D eigenvalue weighted by molar-refractivity contribution is -0.286. The molecular formula is C12H16ClF2NO3. The molecule has 0 fully saturated rings. The zero-order valence-electron chi connectivity index (χ0n) is 10.5. The molecule has 7 heteroatoms. The zero-order chi connectivity index (χ0) is 13.6. The van der Waals surface area contributed by atoms with Crippen molar-refractivity contribution in [1.29, 1.82) is 0 Å². The van der Waals surface area contributed by atoms with Gasteiger partial charge < -0.3 is 20.3 Å². The lowest BCUT2D eigenvalue weighted by Crippen LogP contribution is -2.32. The summed E-state index contributed by atoms with van der Waals surface area (Å²) in [5.74, 6) is -0.0561. The van der Waals surface area contributed by atoms with Crippen LogP contribution in [0.3, 0.4) is 0 Å². The number of ether oxygens (including phenoxy) is 2. The minimum Gasteiger partial charge on any atom is -0.396 e. The predicted molar refractivity (Wildman–Crippen MR) is 67.7 cm³/mol. The molecule has 4 nitrogen and oxygen atoms in total. The van der Waals surface area contributed by atoms with Crippen molar-refractivity contribution in [2.45, 2.75) is 26.2 Å². The molecule has 1 aliphatic heterocycles. The van der Waals surface area contributed by atoms with Crippen molar-refractivity contribution in [3.63, 3.8) is 0 Å². The highest BCUT2D eigenvalue weighted by Crippen LogP contribution is 2.43. The van der Waals surface area contributed by atoms with E-state index in [1.54, 1.807) is 19.9 Å². The average molecular weight is 296 g/mol. The molecule has 0 saturated heterocycles. The molecule has 2 rings (SSSR count). The Hall–Kier alpha value is -1.11. The Labute approximate surface area is 115 Å². The first-order valence-electron chi connectivity index (χ1n) is 5.51. The van der Waals surface area contributed by atoms with E-state index in [2.05, 4.69) is 9.47 Å². The van der Waals surface area contributed by atoms with Gasteiger partial charge in [-0.25, -0.2) is 0 Å². The summed E-state index contributed by atoms with van der Waals surface area (Å²) in [4.78, 5) is 0. The second kappa shape index (κ2) is 5.11. The Kier molecular flexibility index (Phi) is 4.29. The van der Waals surface area contributed by atoms with Crippen LogP contribution >= 0.6 is 12.4 Å². The Morgan fingerprint density at radius 3 is 2.47 bits per heavy atom. The van der Waals surface area contributed by atoms with Crippen LogP contribution in [-0.2, 0) is 0 Å². The van der Waals surface area contributed by atoms with Crippen LogP contribution in [0.5, 0.6) is 11.5 Å². The van der Waals surface area contributed by atoms with Crippen LogP contribution in [0.1, 0.15) is 25.5 Å². The van der Waals surface area contributed by atoms with Crippen LogP contribution in [0.2, 0.25) is 0 Å². The van der Waals surface area contributed by atoms with Gasteiger partial charge in [-0.2, -0.15) is 0 Å². The Morgan fingerprint density at radius 2 is 1.89 bits per heavy atom. The summed E-state index contributed by atoms with van der Waals surface area (Å²) in [5.41, 5.74) is 6.05. The topological polar surface area (TPSA) is 64.7 Å². The number of alkyl halides is 2. The summed E-state index contributed by atoms with van der Waals surface area (Å²) in [6, 6.07) is 3.90. The van der Waals surface area contributed by atoms with Gasteiger partial charge in [-0.15, -0.1) is 21.2 Å². The van der Waals surface area contributed by atoms with E-state index >= 15 is 0 Å². The van der Waals surface area contributed by atoms with Crippen LogP contribution in [-0.4, -0.2) is 18.0 Å². The Balaban J connectivity index is 0.00000180. The molecule has 1 aromatic carbocycles. The maximum absolute atomic E-state index is 12.9. The van der Waals surface area contributed by atoms with E-state index < -0.39 is 17.8 Å². The number of halogens is 3. The van der Waals surface area contributed by atoms with Gasteiger partial charge >= 0.3 is 6.29 Å². The van der Waals surface area contributed by atoms with E-state index in [0.29, 0.717) is 5.56 Å². The fourth-order valence-corrected chi connectivity index (χ4v) is 1.71. The minimum absolute atomic E-state index is 0. The summed E-state index contributed by atoms with van der Waals surface area (Å²) in [7, 11) is 0. The molecule has 0 bridgehead atoms. The molecule has 108 valence electrons. The highest BCUT2D eigenvalue weighted by molar-refractivity contribution is 5.85. The Morgan fingerprint density at radius 1 is 1.32 bits per heavy atom. The van der Waals surface area contributed by atoms with Crippen molar-refractivity contribution in [3.05, 3.63) is 23.8 Å². The maximum atomic E-state index is 12.9. The van der Waals surface area contributed by atoms with Crippen molar-refractivity contribution in [2.24, 2.45) is 11.1 Å². The van der Waals surface area contributed by atoms with Crippen molar-refractivity contribution in [1.82, 2.24) is 0 Å². The van der Waals surface area contributed by atoms with Crippen molar-refractivity contribution >= 4 is 12.4 Å². The number of rotatable bonds is 3. The van der Waals surface area contributed by atoms with Gasteiger partial charge in [0.1, 0.15) is 0 Å². The molecule has 1 atom stereocenters. The van der Waals surface area contributed by atoms with Gasteiger partial charge in [0.05, 0.1) is 0 Å².